The third-order valence-electron chi connectivity index (χ3n) is 1.76. The summed E-state index contributed by atoms with van der Waals surface area (Å²) in [4.78, 5) is 9.89. The van der Waals surface area contributed by atoms with Gasteiger partial charge in [0.05, 0.1) is 21.4 Å². The zero-order chi connectivity index (χ0) is 13.1. The van der Waals surface area contributed by atoms with Gasteiger partial charge < -0.3 is 0 Å². The molecule has 0 saturated heterocycles. The van der Waals surface area contributed by atoms with E-state index in [9.17, 15) is 18.5 Å². The molecule has 0 heterocycles. The van der Waals surface area contributed by atoms with E-state index < -0.39 is 14.9 Å². The summed E-state index contributed by atoms with van der Waals surface area (Å²) in [6, 6.07) is 3.50. The summed E-state index contributed by atoms with van der Waals surface area (Å²) >= 11 is 5.73. The number of benzene rings is 1. The maximum atomic E-state index is 11.4. The lowest BCUT2D eigenvalue weighted by Crippen LogP contribution is -2.15. The predicted octanol–water partition coefficient (Wildman–Crippen LogP) is 2.18. The molecule has 0 saturated carbocycles. The molecule has 1 aromatic rings. The molecule has 1 rings (SSSR count). The van der Waals surface area contributed by atoms with Crippen molar-refractivity contribution in [1.29, 1.82) is 0 Å². The van der Waals surface area contributed by atoms with E-state index in [4.69, 9.17) is 11.6 Å². The van der Waals surface area contributed by atoms with E-state index in [0.29, 0.717) is 0 Å². The molecule has 0 unspecified atom stereocenters. The van der Waals surface area contributed by atoms with Crippen LogP contribution < -0.4 is 4.72 Å². The van der Waals surface area contributed by atoms with Crippen LogP contribution in [0, 0.1) is 10.1 Å². The highest BCUT2D eigenvalue weighted by Crippen LogP contribution is 2.27. The number of hydrogen-bond donors (Lipinski definition) is 1. The first-order chi connectivity index (χ1) is 7.85. The molecule has 0 aliphatic rings. The molecule has 0 fully saturated rings. The van der Waals surface area contributed by atoms with Crippen molar-refractivity contribution in [2.45, 2.75) is 0 Å². The average Bonchev–Trinajstić information content (AvgIpc) is 2.20. The van der Waals surface area contributed by atoms with Gasteiger partial charge in [-0.2, -0.15) is 0 Å². The van der Waals surface area contributed by atoms with Gasteiger partial charge in [0.2, 0.25) is 10.0 Å². The number of nitro benzene ring substituents is 1. The van der Waals surface area contributed by atoms with Crippen molar-refractivity contribution in [3.8, 4) is 0 Å². The minimum absolute atomic E-state index is 0.0253. The molecule has 8 heteroatoms. The summed E-state index contributed by atoms with van der Waals surface area (Å²) in [5, 5.41) is 10.6. The number of non-ortho nitro benzene ring substituents is 1. The van der Waals surface area contributed by atoms with Gasteiger partial charge in [0.1, 0.15) is 0 Å². The van der Waals surface area contributed by atoms with Crippen LogP contribution in [0.2, 0.25) is 5.02 Å². The Morgan fingerprint density at radius 2 is 2.18 bits per heavy atom. The normalized spacial score (nSPS) is 10.9. The van der Waals surface area contributed by atoms with Gasteiger partial charge in [-0.3, -0.25) is 14.8 Å². The number of nitrogens with zero attached hydrogens (tertiary/aromatic N) is 1. The second-order valence-electron chi connectivity index (χ2n) is 3.09. The third kappa shape index (κ3) is 3.72. The van der Waals surface area contributed by atoms with Crippen molar-refractivity contribution in [2.75, 3.05) is 10.5 Å². The Bertz CT molecular complexity index is 556. The van der Waals surface area contributed by atoms with E-state index in [0.717, 1.165) is 6.07 Å². The second-order valence-corrected chi connectivity index (χ2v) is 5.27. The van der Waals surface area contributed by atoms with Crippen LogP contribution in [0.3, 0.4) is 0 Å². The lowest BCUT2D eigenvalue weighted by atomic mass is 10.3. The molecule has 0 aliphatic carbocycles. The first-order valence-electron chi connectivity index (χ1n) is 4.41. The standard InChI is InChI=1S/C9H9ClN2O4S/c1-2-5-17(15,16)11-9-6-7(12(13)14)3-4-8(9)10/h2-4,6,11H,1,5H2. The molecule has 0 atom stereocenters. The van der Waals surface area contributed by atoms with Gasteiger partial charge in [0, 0.05) is 12.1 Å². The number of rotatable bonds is 5. The van der Waals surface area contributed by atoms with Crippen LogP contribution >= 0.6 is 11.6 Å². The van der Waals surface area contributed by atoms with Crippen LogP contribution in [0.25, 0.3) is 0 Å². The van der Waals surface area contributed by atoms with Crippen molar-refractivity contribution in [3.05, 3.63) is 46.0 Å². The van der Waals surface area contributed by atoms with E-state index in [1.165, 1.54) is 18.2 Å². The van der Waals surface area contributed by atoms with E-state index in [1.807, 2.05) is 0 Å². The van der Waals surface area contributed by atoms with Crippen LogP contribution in [0.4, 0.5) is 11.4 Å². The highest BCUT2D eigenvalue weighted by molar-refractivity contribution is 7.92. The zero-order valence-electron chi connectivity index (χ0n) is 8.59. The lowest BCUT2D eigenvalue weighted by molar-refractivity contribution is -0.384. The molecule has 0 radical (unpaired) electrons. The predicted molar refractivity (Wildman–Crippen MR) is 65.7 cm³/mol. The lowest BCUT2D eigenvalue weighted by Gasteiger charge is -2.07. The molecule has 1 N–H and O–H groups in total. The van der Waals surface area contributed by atoms with Crippen molar-refractivity contribution in [2.24, 2.45) is 0 Å². The maximum absolute atomic E-state index is 11.4. The zero-order valence-corrected chi connectivity index (χ0v) is 10.2. The maximum Gasteiger partial charge on any atom is 0.271 e. The van der Waals surface area contributed by atoms with Gasteiger partial charge in [-0.1, -0.05) is 17.7 Å². The molecule has 6 nitrogen and oxygen atoms in total. The van der Waals surface area contributed by atoms with E-state index in [-0.39, 0.29) is 22.2 Å². The van der Waals surface area contributed by atoms with Gasteiger partial charge >= 0.3 is 0 Å². The van der Waals surface area contributed by atoms with Gasteiger partial charge in [-0.05, 0) is 6.07 Å². The summed E-state index contributed by atoms with van der Waals surface area (Å²) < 4.78 is 25.0. The molecular weight excluding hydrogens is 268 g/mol. The first-order valence-corrected chi connectivity index (χ1v) is 6.44. The van der Waals surface area contributed by atoms with Crippen molar-refractivity contribution in [1.82, 2.24) is 0 Å². The monoisotopic (exact) mass is 276 g/mol. The van der Waals surface area contributed by atoms with Crippen LogP contribution in [0.1, 0.15) is 0 Å². The number of anilines is 1. The smallest absolute Gasteiger partial charge is 0.271 e. The summed E-state index contributed by atoms with van der Waals surface area (Å²) in [6.45, 7) is 3.30. The van der Waals surface area contributed by atoms with Gasteiger partial charge in [-0.25, -0.2) is 8.42 Å². The van der Waals surface area contributed by atoms with Gasteiger partial charge in [0.15, 0.2) is 0 Å². The summed E-state index contributed by atoms with van der Waals surface area (Å²) in [7, 11) is -3.62. The van der Waals surface area contributed by atoms with Crippen LogP contribution in [0.5, 0.6) is 0 Å². The minimum atomic E-state index is -3.62. The molecule has 1 aromatic carbocycles. The second kappa shape index (κ2) is 5.15. The fourth-order valence-corrected chi connectivity index (χ4v) is 2.19. The molecule has 0 bridgehead atoms. The van der Waals surface area contributed by atoms with E-state index in [2.05, 4.69) is 11.3 Å². The summed E-state index contributed by atoms with van der Waals surface area (Å²) in [5.74, 6) is -0.300. The minimum Gasteiger partial charge on any atom is -0.282 e. The van der Waals surface area contributed by atoms with Crippen LogP contribution in [0.15, 0.2) is 30.9 Å². The van der Waals surface area contributed by atoms with E-state index in [1.54, 1.807) is 0 Å². The largest absolute Gasteiger partial charge is 0.282 e. The van der Waals surface area contributed by atoms with Crippen molar-refractivity contribution < 1.29 is 13.3 Å². The Morgan fingerprint density at radius 3 is 2.71 bits per heavy atom. The van der Waals surface area contributed by atoms with E-state index >= 15 is 0 Å². The molecule has 0 spiro atoms. The highest BCUT2D eigenvalue weighted by Gasteiger charge is 2.14. The molecular formula is C9H9ClN2O4S. The topological polar surface area (TPSA) is 89.3 Å². The number of nitro groups is 1. The number of nitrogens with one attached hydrogen (secondary N) is 1. The summed E-state index contributed by atoms with van der Waals surface area (Å²) in [6.07, 6.45) is 1.20. The Morgan fingerprint density at radius 1 is 1.53 bits per heavy atom. The summed E-state index contributed by atoms with van der Waals surface area (Å²) in [5.41, 5.74) is -0.270. The average molecular weight is 277 g/mol. The Kier molecular flexibility index (Phi) is 4.08. The van der Waals surface area contributed by atoms with Crippen LogP contribution in [-0.2, 0) is 10.0 Å². The number of sulfonamides is 1. The number of halogens is 1. The first kappa shape index (κ1) is 13.5. The van der Waals surface area contributed by atoms with Crippen molar-refractivity contribution in [3.63, 3.8) is 0 Å². The van der Waals surface area contributed by atoms with Gasteiger partial charge in [-0.15, -0.1) is 6.58 Å². The molecule has 0 aliphatic heterocycles. The fourth-order valence-electron chi connectivity index (χ4n) is 1.07. The molecule has 17 heavy (non-hydrogen) atoms. The molecule has 0 aromatic heterocycles. The Hall–Kier alpha value is -1.60. The Balaban J connectivity index is 3.10. The Labute approximate surface area is 103 Å². The fraction of sp³-hybridized carbons (Fsp3) is 0.111. The van der Waals surface area contributed by atoms with Crippen molar-refractivity contribution >= 4 is 33.0 Å². The van der Waals surface area contributed by atoms with Gasteiger partial charge in [0.25, 0.3) is 5.69 Å². The highest BCUT2D eigenvalue weighted by atomic mass is 35.5. The SMILES string of the molecule is C=CCS(=O)(=O)Nc1cc([N+](=O)[O-])ccc1Cl. The molecule has 92 valence electrons. The quantitative estimate of drug-likeness (QED) is 0.507. The van der Waals surface area contributed by atoms with Crippen LogP contribution in [-0.4, -0.2) is 19.1 Å². The molecule has 0 amide bonds. The number of hydrogen-bond acceptors (Lipinski definition) is 4. The third-order valence-corrected chi connectivity index (χ3v) is 3.30.